The Hall–Kier alpha value is -1.59. The van der Waals surface area contributed by atoms with Gasteiger partial charge in [0.1, 0.15) is 11.4 Å². The third-order valence-corrected chi connectivity index (χ3v) is 4.92. The number of hydrogen-bond acceptors (Lipinski definition) is 3. The molecule has 0 saturated heterocycles. The van der Waals surface area contributed by atoms with Gasteiger partial charge in [-0.15, -0.1) is 0 Å². The number of aromatic nitrogens is 1. The zero-order valence-corrected chi connectivity index (χ0v) is 13.1. The summed E-state index contributed by atoms with van der Waals surface area (Å²) < 4.78 is 14.7. The summed E-state index contributed by atoms with van der Waals surface area (Å²) in [6.45, 7) is 3.25. The molecule has 108 valence electrons. The third-order valence-electron chi connectivity index (χ3n) is 4.26. The largest absolute Gasteiger partial charge is 0.379 e. The van der Waals surface area contributed by atoms with Crippen LogP contribution in [0.4, 0.5) is 4.39 Å². The number of halogens is 2. The van der Waals surface area contributed by atoms with Crippen LogP contribution in [-0.4, -0.2) is 15.9 Å². The van der Waals surface area contributed by atoms with Crippen molar-refractivity contribution in [1.82, 2.24) is 4.98 Å². The van der Waals surface area contributed by atoms with Crippen molar-refractivity contribution in [3.63, 3.8) is 0 Å². The van der Waals surface area contributed by atoms with Gasteiger partial charge >= 0.3 is 0 Å². The van der Waals surface area contributed by atoms with E-state index >= 15 is 0 Å². The first-order valence-corrected chi connectivity index (χ1v) is 7.27. The van der Waals surface area contributed by atoms with Gasteiger partial charge in [0.15, 0.2) is 5.78 Å². The van der Waals surface area contributed by atoms with E-state index in [0.717, 1.165) is 0 Å². The number of Topliss-reactive ketones (excluding diaryl/α,β-unsaturated/α-hetero) is 1. The first-order chi connectivity index (χ1) is 9.81. The monoisotopic (exact) mass is 349 g/mol. The smallest absolute Gasteiger partial charge is 0.175 e. The molecule has 1 aromatic heterocycles. The lowest BCUT2D eigenvalue weighted by atomic mass is 9.71. The van der Waals surface area contributed by atoms with Gasteiger partial charge in [-0.25, -0.2) is 4.39 Å². The molecule has 1 heterocycles. The molecule has 1 atom stereocenters. The van der Waals surface area contributed by atoms with Crippen molar-refractivity contribution >= 4 is 21.7 Å². The minimum Gasteiger partial charge on any atom is -0.379 e. The number of benzene rings is 1. The fraction of sp³-hybridized carbons (Fsp3) is 0.250. The predicted molar refractivity (Wildman–Crippen MR) is 79.4 cm³/mol. The van der Waals surface area contributed by atoms with Gasteiger partial charge < -0.3 is 5.11 Å². The van der Waals surface area contributed by atoms with Crippen LogP contribution in [0.5, 0.6) is 0 Å². The Morgan fingerprint density at radius 1 is 1.19 bits per heavy atom. The summed E-state index contributed by atoms with van der Waals surface area (Å²) in [5.74, 6) is -1.02. The molecular weight excluding hydrogens is 337 g/mol. The van der Waals surface area contributed by atoms with E-state index in [0.29, 0.717) is 10.0 Å². The van der Waals surface area contributed by atoms with Crippen molar-refractivity contribution in [2.75, 3.05) is 0 Å². The third kappa shape index (κ3) is 1.67. The molecule has 1 aliphatic rings. The first-order valence-electron chi connectivity index (χ1n) is 6.48. The van der Waals surface area contributed by atoms with E-state index in [1.165, 1.54) is 12.1 Å². The van der Waals surface area contributed by atoms with Crippen LogP contribution in [-0.2, 0) is 5.60 Å². The quantitative estimate of drug-likeness (QED) is 0.857. The van der Waals surface area contributed by atoms with E-state index in [-0.39, 0.29) is 11.1 Å². The van der Waals surface area contributed by atoms with Crippen molar-refractivity contribution in [2.24, 2.45) is 5.41 Å². The fourth-order valence-corrected chi connectivity index (χ4v) is 3.63. The molecule has 1 aromatic carbocycles. The number of rotatable bonds is 1. The SMILES string of the molecule is CC1(C)C(=O)c2c(F)ccc(Br)c2C1(O)c1ccncc1. The zero-order valence-electron chi connectivity index (χ0n) is 11.5. The number of hydrogen-bond donors (Lipinski definition) is 1. The lowest BCUT2D eigenvalue weighted by Crippen LogP contribution is -2.42. The van der Waals surface area contributed by atoms with Crippen LogP contribution in [0.1, 0.15) is 35.3 Å². The Bertz CT molecular complexity index is 745. The van der Waals surface area contributed by atoms with Crippen molar-refractivity contribution < 1.29 is 14.3 Å². The Morgan fingerprint density at radius 3 is 2.43 bits per heavy atom. The molecule has 3 nitrogen and oxygen atoms in total. The van der Waals surface area contributed by atoms with Gasteiger partial charge in [-0.05, 0) is 43.7 Å². The molecule has 0 spiro atoms. The number of aliphatic hydroxyl groups is 1. The van der Waals surface area contributed by atoms with E-state index in [9.17, 15) is 14.3 Å². The van der Waals surface area contributed by atoms with Crippen molar-refractivity contribution in [1.29, 1.82) is 0 Å². The standard InChI is InChI=1S/C16H13BrFNO2/c1-15(2)14(20)12-11(18)4-3-10(17)13(12)16(15,21)9-5-7-19-8-6-9/h3-8,21H,1-2H3. The Labute approximate surface area is 130 Å². The van der Waals surface area contributed by atoms with Crippen LogP contribution >= 0.6 is 15.9 Å². The van der Waals surface area contributed by atoms with Gasteiger partial charge in [-0.1, -0.05) is 15.9 Å². The van der Waals surface area contributed by atoms with Crippen LogP contribution in [0.3, 0.4) is 0 Å². The molecule has 21 heavy (non-hydrogen) atoms. The highest BCUT2D eigenvalue weighted by Crippen LogP contribution is 2.55. The van der Waals surface area contributed by atoms with Crippen molar-refractivity contribution in [3.05, 3.63) is 63.6 Å². The average Bonchev–Trinajstić information content (AvgIpc) is 2.64. The number of fused-ring (bicyclic) bond motifs is 1. The first kappa shape index (κ1) is 14.4. The molecule has 1 N–H and O–H groups in total. The summed E-state index contributed by atoms with van der Waals surface area (Å²) >= 11 is 3.34. The molecule has 1 aliphatic carbocycles. The lowest BCUT2D eigenvalue weighted by Gasteiger charge is -2.36. The number of nitrogens with zero attached hydrogens (tertiary/aromatic N) is 1. The summed E-state index contributed by atoms with van der Waals surface area (Å²) in [5, 5.41) is 11.4. The minimum atomic E-state index is -1.61. The Morgan fingerprint density at radius 2 is 1.81 bits per heavy atom. The van der Waals surface area contributed by atoms with Gasteiger partial charge in [0, 0.05) is 22.4 Å². The van der Waals surface area contributed by atoms with Crippen LogP contribution in [0.2, 0.25) is 0 Å². The Balaban J connectivity index is 2.43. The molecule has 0 radical (unpaired) electrons. The molecule has 1 unspecified atom stereocenters. The normalized spacial score (nSPS) is 23.2. The van der Waals surface area contributed by atoms with Gasteiger partial charge in [0.05, 0.1) is 11.0 Å². The van der Waals surface area contributed by atoms with Crippen LogP contribution in [0.15, 0.2) is 41.1 Å². The predicted octanol–water partition coefficient (Wildman–Crippen LogP) is 3.44. The van der Waals surface area contributed by atoms with Crippen molar-refractivity contribution in [3.8, 4) is 0 Å². The molecule has 0 saturated carbocycles. The maximum atomic E-state index is 14.2. The van der Waals surface area contributed by atoms with E-state index < -0.39 is 22.6 Å². The minimum absolute atomic E-state index is 0.0475. The van der Waals surface area contributed by atoms with E-state index in [4.69, 9.17) is 0 Å². The molecule has 0 amide bonds. The fourth-order valence-electron chi connectivity index (χ4n) is 3.02. The summed E-state index contributed by atoms with van der Waals surface area (Å²) in [5.41, 5.74) is -2.04. The number of carbonyl (C=O) groups is 1. The summed E-state index contributed by atoms with van der Waals surface area (Å²) in [6.07, 6.45) is 3.08. The van der Waals surface area contributed by atoms with Crippen LogP contribution in [0, 0.1) is 11.2 Å². The van der Waals surface area contributed by atoms with E-state index in [1.54, 1.807) is 38.4 Å². The van der Waals surface area contributed by atoms with Gasteiger partial charge in [0.2, 0.25) is 0 Å². The summed E-state index contributed by atoms with van der Waals surface area (Å²) in [6, 6.07) is 6.02. The van der Waals surface area contributed by atoms with Crippen molar-refractivity contribution in [2.45, 2.75) is 19.4 Å². The maximum absolute atomic E-state index is 14.2. The number of carbonyl (C=O) groups excluding carboxylic acids is 1. The Kier molecular flexibility index (Phi) is 3.04. The second-order valence-corrected chi connectivity index (χ2v) is 6.53. The number of ketones is 1. The zero-order chi connectivity index (χ0) is 15.4. The van der Waals surface area contributed by atoms with Gasteiger partial charge in [-0.3, -0.25) is 9.78 Å². The molecule has 5 heteroatoms. The van der Waals surface area contributed by atoms with Crippen LogP contribution < -0.4 is 0 Å². The molecule has 0 fully saturated rings. The second-order valence-electron chi connectivity index (χ2n) is 5.68. The van der Waals surface area contributed by atoms with Crippen LogP contribution in [0.25, 0.3) is 0 Å². The molecule has 0 bridgehead atoms. The summed E-state index contributed by atoms with van der Waals surface area (Å²) in [4.78, 5) is 16.6. The van der Waals surface area contributed by atoms with Gasteiger partial charge in [-0.2, -0.15) is 0 Å². The highest BCUT2D eigenvalue weighted by molar-refractivity contribution is 9.10. The van der Waals surface area contributed by atoms with E-state index in [2.05, 4.69) is 20.9 Å². The molecule has 2 aromatic rings. The lowest BCUT2D eigenvalue weighted by molar-refractivity contribution is -0.0118. The summed E-state index contributed by atoms with van der Waals surface area (Å²) in [7, 11) is 0. The molecule has 3 rings (SSSR count). The maximum Gasteiger partial charge on any atom is 0.175 e. The van der Waals surface area contributed by atoms with E-state index in [1.807, 2.05) is 0 Å². The topological polar surface area (TPSA) is 50.2 Å². The number of pyridine rings is 1. The van der Waals surface area contributed by atoms with Gasteiger partial charge in [0.25, 0.3) is 0 Å². The second kappa shape index (κ2) is 4.45. The highest BCUT2D eigenvalue weighted by Gasteiger charge is 2.60. The molecule has 0 aliphatic heterocycles. The molecular formula is C16H13BrFNO2. The average molecular weight is 350 g/mol. The highest BCUT2D eigenvalue weighted by atomic mass is 79.9.